The van der Waals surface area contributed by atoms with E-state index < -0.39 is 7.32 Å². The average Bonchev–Trinajstić information content (AvgIpc) is 3.18. The molecule has 284 valence electrons. The Kier molecular flexibility index (Phi) is 16.8. The van der Waals surface area contributed by atoms with Crippen LogP contribution in [0.4, 0.5) is 0 Å². The molecule has 0 radical (unpaired) electrons. The highest BCUT2D eigenvalue weighted by Gasteiger charge is 2.24. The molecular formula is C47H65BN2O3. The summed E-state index contributed by atoms with van der Waals surface area (Å²) >= 11 is 0. The third kappa shape index (κ3) is 10.8. The van der Waals surface area contributed by atoms with Crippen LogP contribution in [-0.2, 0) is 0 Å². The van der Waals surface area contributed by atoms with E-state index in [-0.39, 0.29) is 0 Å². The third-order valence-electron chi connectivity index (χ3n) is 11.8. The van der Waals surface area contributed by atoms with Gasteiger partial charge in [0.05, 0.1) is 52.4 Å². The molecule has 0 amide bonds. The molecule has 0 N–H and O–H groups in total. The summed E-state index contributed by atoms with van der Waals surface area (Å²) in [6, 6.07) is 32.7. The number of rotatable bonds is 13. The maximum atomic E-state index is 11.9. The fourth-order valence-electron chi connectivity index (χ4n) is 7.33. The summed E-state index contributed by atoms with van der Waals surface area (Å²) in [7, 11) is -2.45. The van der Waals surface area contributed by atoms with Crippen molar-refractivity contribution in [1.82, 2.24) is 0 Å². The van der Waals surface area contributed by atoms with Gasteiger partial charge in [0, 0.05) is 16.5 Å². The molecule has 5 rings (SSSR count). The minimum atomic E-state index is -2.45. The molecule has 0 aliphatic carbocycles. The predicted molar refractivity (Wildman–Crippen MR) is 226 cm³/mol. The number of nitrogens with zero attached hydrogens (tertiary/aromatic N) is 2. The van der Waals surface area contributed by atoms with Gasteiger partial charge in [-0.15, -0.1) is 0 Å². The summed E-state index contributed by atoms with van der Waals surface area (Å²) in [5.41, 5.74) is 9.12. The van der Waals surface area contributed by atoms with Gasteiger partial charge in [0.15, 0.2) is 0 Å². The molecule has 5 aromatic rings. The molecule has 0 aromatic heterocycles. The Balaban J connectivity index is 0.000000348. The van der Waals surface area contributed by atoms with Crippen molar-refractivity contribution in [3.8, 4) is 39.1 Å². The largest absolute Gasteiger partial charge is 0.860 e. The summed E-state index contributed by atoms with van der Waals surface area (Å²) in [6.45, 7) is 34.6. The van der Waals surface area contributed by atoms with Crippen LogP contribution in [0.5, 0.6) is 5.75 Å². The fourth-order valence-corrected chi connectivity index (χ4v) is 7.33. The lowest BCUT2D eigenvalue weighted by Gasteiger charge is -2.34. The van der Waals surface area contributed by atoms with E-state index in [0.717, 1.165) is 55.3 Å². The highest BCUT2D eigenvalue weighted by Crippen LogP contribution is 2.50. The van der Waals surface area contributed by atoms with Gasteiger partial charge < -0.3 is 23.7 Å². The second-order valence-corrected chi connectivity index (χ2v) is 14.2. The predicted octanol–water partition coefficient (Wildman–Crippen LogP) is 9.62. The van der Waals surface area contributed by atoms with Crippen molar-refractivity contribution < 1.29 is 23.7 Å². The zero-order valence-corrected chi connectivity index (χ0v) is 34.6. The SMILES string of the molecule is CC[N+](CC)(CC)CC.CC[N+](CC)(CC)CC.Cc1ccc(-c2c(-c3ccc(C)cc3)c(-c3ccc(C)cc3)c3ccccc3c2OB([O-])[O-])cc1. The molecule has 0 atom stereocenters. The Bertz CT molecular complexity index is 1770. The first-order valence-corrected chi connectivity index (χ1v) is 19.9. The summed E-state index contributed by atoms with van der Waals surface area (Å²) in [4.78, 5) is 0. The van der Waals surface area contributed by atoms with Crippen LogP contribution in [0.2, 0.25) is 0 Å². The summed E-state index contributed by atoms with van der Waals surface area (Å²) < 4.78 is 8.08. The van der Waals surface area contributed by atoms with Crippen molar-refractivity contribution in [2.24, 2.45) is 0 Å². The van der Waals surface area contributed by atoms with Crippen molar-refractivity contribution in [1.29, 1.82) is 0 Å². The van der Waals surface area contributed by atoms with Gasteiger partial charge in [-0.1, -0.05) is 114 Å². The second kappa shape index (κ2) is 20.5. The standard InChI is InChI=1S/C31H25BO3.2C8H20N/c1-20-8-14-23(15-9-20)28-26-6-4-5-7-27(26)31(35-32(33)34)30(25-18-12-22(3)13-19-25)29(28)24-16-10-21(2)11-17-24;2*1-5-9(6-2,7-3)8-4/h4-19H,1-3H3;2*5-8H2,1-4H3/q-2;2*+1. The molecule has 6 heteroatoms. The molecule has 0 bridgehead atoms. The summed E-state index contributed by atoms with van der Waals surface area (Å²) in [6.07, 6.45) is 0. The minimum Gasteiger partial charge on any atom is -0.860 e. The Morgan fingerprint density at radius 1 is 0.415 bits per heavy atom. The summed E-state index contributed by atoms with van der Waals surface area (Å²) in [5.74, 6) is 0.325. The highest BCUT2D eigenvalue weighted by atomic mass is 16.6. The maximum absolute atomic E-state index is 11.9. The zero-order chi connectivity index (χ0) is 39.2. The lowest BCUT2D eigenvalue weighted by Crippen LogP contribution is -2.50. The first kappa shape index (κ1) is 43.5. The molecule has 0 fully saturated rings. The van der Waals surface area contributed by atoms with Gasteiger partial charge in [-0.25, -0.2) is 0 Å². The van der Waals surface area contributed by atoms with E-state index in [2.05, 4.69) is 118 Å². The van der Waals surface area contributed by atoms with Crippen LogP contribution in [-0.4, -0.2) is 68.6 Å². The number of hydrogen-bond acceptors (Lipinski definition) is 3. The fraction of sp³-hybridized carbons (Fsp3) is 0.404. The number of benzene rings is 5. The van der Waals surface area contributed by atoms with Crippen molar-refractivity contribution in [3.63, 3.8) is 0 Å². The topological polar surface area (TPSA) is 55.3 Å². The van der Waals surface area contributed by atoms with Gasteiger partial charge in [0.2, 0.25) is 0 Å². The van der Waals surface area contributed by atoms with E-state index in [1.807, 2.05) is 55.5 Å². The zero-order valence-electron chi connectivity index (χ0n) is 34.6. The first-order valence-electron chi connectivity index (χ1n) is 19.9. The Hall–Kier alpha value is -3.94. The van der Waals surface area contributed by atoms with Crippen LogP contribution in [0.25, 0.3) is 44.2 Å². The van der Waals surface area contributed by atoms with Crippen molar-refractivity contribution >= 4 is 18.1 Å². The molecule has 0 spiro atoms. The minimum absolute atomic E-state index is 0.325. The third-order valence-corrected chi connectivity index (χ3v) is 11.8. The van der Waals surface area contributed by atoms with Crippen molar-refractivity contribution in [2.75, 3.05) is 52.4 Å². The second-order valence-electron chi connectivity index (χ2n) is 14.2. The number of aryl methyl sites for hydroxylation is 3. The van der Waals surface area contributed by atoms with Crippen molar-refractivity contribution in [2.45, 2.75) is 76.2 Å². The highest BCUT2D eigenvalue weighted by molar-refractivity contribution is 6.31. The van der Waals surface area contributed by atoms with E-state index in [9.17, 15) is 10.0 Å². The molecule has 5 aromatic carbocycles. The lowest BCUT2D eigenvalue weighted by molar-refractivity contribution is -0.921. The Morgan fingerprint density at radius 2 is 0.717 bits per heavy atom. The van der Waals surface area contributed by atoms with Crippen LogP contribution in [0.1, 0.15) is 72.1 Å². The molecule has 53 heavy (non-hydrogen) atoms. The van der Waals surface area contributed by atoms with Gasteiger partial charge in [-0.2, -0.15) is 0 Å². The quantitative estimate of drug-likeness (QED) is 0.0901. The van der Waals surface area contributed by atoms with Gasteiger partial charge in [0.25, 0.3) is 0 Å². The lowest BCUT2D eigenvalue weighted by atomic mass is 9.82. The van der Waals surface area contributed by atoms with Gasteiger partial charge >= 0.3 is 0 Å². The first-order chi connectivity index (χ1) is 25.4. The Morgan fingerprint density at radius 3 is 1.02 bits per heavy atom. The molecule has 0 saturated heterocycles. The van der Waals surface area contributed by atoms with Crippen LogP contribution in [0, 0.1) is 20.8 Å². The molecule has 0 saturated carbocycles. The molecule has 0 aliphatic rings. The van der Waals surface area contributed by atoms with E-state index in [1.165, 1.54) is 66.9 Å². The van der Waals surface area contributed by atoms with Crippen LogP contribution in [0.3, 0.4) is 0 Å². The van der Waals surface area contributed by atoms with Gasteiger partial charge in [-0.05, 0) is 104 Å². The maximum Gasteiger partial charge on any atom is 0.133 e. The normalized spacial score (nSPS) is 11.3. The van der Waals surface area contributed by atoms with Crippen LogP contribution >= 0.6 is 0 Å². The van der Waals surface area contributed by atoms with Crippen molar-refractivity contribution in [3.05, 3.63) is 114 Å². The molecule has 0 unspecified atom stereocenters. The van der Waals surface area contributed by atoms with Gasteiger partial charge in [-0.3, -0.25) is 0 Å². The monoisotopic (exact) mass is 717 g/mol. The molecule has 0 aliphatic heterocycles. The van der Waals surface area contributed by atoms with E-state index >= 15 is 0 Å². The number of fused-ring (bicyclic) bond motifs is 1. The molecule has 5 nitrogen and oxygen atoms in total. The molecule has 0 heterocycles. The Labute approximate surface area is 322 Å². The average molecular weight is 717 g/mol. The smallest absolute Gasteiger partial charge is 0.133 e. The van der Waals surface area contributed by atoms with E-state index in [0.29, 0.717) is 5.75 Å². The number of quaternary nitrogens is 2. The van der Waals surface area contributed by atoms with E-state index in [4.69, 9.17) is 4.65 Å². The van der Waals surface area contributed by atoms with Crippen LogP contribution in [0.15, 0.2) is 97.1 Å². The number of hydrogen-bond donors (Lipinski definition) is 0. The van der Waals surface area contributed by atoms with Crippen LogP contribution < -0.4 is 14.7 Å². The molecular weight excluding hydrogens is 651 g/mol. The summed E-state index contributed by atoms with van der Waals surface area (Å²) in [5, 5.41) is 25.4. The van der Waals surface area contributed by atoms with E-state index in [1.54, 1.807) is 0 Å². The van der Waals surface area contributed by atoms with Gasteiger partial charge in [0.1, 0.15) is 13.1 Å².